The number of ether oxygens (including phenoxy) is 3. The van der Waals surface area contributed by atoms with Gasteiger partial charge in [0.1, 0.15) is 16.5 Å². The Morgan fingerprint density at radius 1 is 1.18 bits per heavy atom. The molecule has 2 aliphatic rings. The molecule has 0 aliphatic carbocycles. The maximum Gasteiger partial charge on any atom is 0.189 e. The van der Waals surface area contributed by atoms with E-state index in [0.29, 0.717) is 6.61 Å². The number of nitrogens with zero attached hydrogens (tertiary/aromatic N) is 4. The highest BCUT2D eigenvalue weighted by Gasteiger charge is 2.33. The summed E-state index contributed by atoms with van der Waals surface area (Å²) in [6.07, 6.45) is 3.79. The Morgan fingerprint density at radius 3 is 2.76 bits per heavy atom. The third kappa shape index (κ3) is 4.70. The number of rotatable bonds is 8. The summed E-state index contributed by atoms with van der Waals surface area (Å²) < 4.78 is 18.4. The van der Waals surface area contributed by atoms with Crippen molar-refractivity contribution in [3.63, 3.8) is 0 Å². The zero-order chi connectivity index (χ0) is 23.7. The van der Waals surface area contributed by atoms with E-state index in [1.54, 1.807) is 23.1 Å². The van der Waals surface area contributed by atoms with Crippen molar-refractivity contribution in [2.75, 3.05) is 62.5 Å². The minimum absolute atomic E-state index is 0.229. The second kappa shape index (κ2) is 10.1. The molecule has 2 aliphatic heterocycles. The van der Waals surface area contributed by atoms with Crippen LogP contribution < -0.4 is 10.2 Å². The lowest BCUT2D eigenvalue weighted by atomic mass is 9.90. The van der Waals surface area contributed by atoms with Crippen LogP contribution in [-0.2, 0) is 27.2 Å². The van der Waals surface area contributed by atoms with Crippen LogP contribution in [0.4, 0.5) is 11.6 Å². The average Bonchev–Trinajstić information content (AvgIpc) is 3.22. The number of hydrogen-bond acceptors (Lipinski definition) is 10. The van der Waals surface area contributed by atoms with Crippen LogP contribution in [0.3, 0.4) is 0 Å². The second-order valence-corrected chi connectivity index (χ2v) is 11.0. The lowest BCUT2D eigenvalue weighted by Gasteiger charge is -2.36. The van der Waals surface area contributed by atoms with E-state index in [4.69, 9.17) is 29.2 Å². The number of anilines is 2. The summed E-state index contributed by atoms with van der Waals surface area (Å²) >= 11 is 3.26. The van der Waals surface area contributed by atoms with Gasteiger partial charge in [0.25, 0.3) is 0 Å². The van der Waals surface area contributed by atoms with E-state index in [1.807, 2.05) is 13.2 Å². The fraction of sp³-hybridized carbons (Fsp3) is 0.625. The maximum atomic E-state index is 6.26. The Bertz CT molecular complexity index is 1180. The summed E-state index contributed by atoms with van der Waals surface area (Å²) in [5, 5.41) is 5.48. The molecule has 0 amide bonds. The van der Waals surface area contributed by atoms with Crippen LogP contribution >= 0.6 is 23.1 Å². The summed E-state index contributed by atoms with van der Waals surface area (Å²) in [5.74, 6) is 1.93. The highest BCUT2D eigenvalue weighted by molar-refractivity contribution is 7.98. The molecule has 0 atom stereocenters. The molecule has 5 heterocycles. The predicted octanol–water partition coefficient (Wildman–Crippen LogP) is 4.49. The molecule has 0 radical (unpaired) electrons. The van der Waals surface area contributed by atoms with Crippen molar-refractivity contribution < 1.29 is 14.2 Å². The van der Waals surface area contributed by atoms with Crippen molar-refractivity contribution in [1.82, 2.24) is 15.0 Å². The molecule has 34 heavy (non-hydrogen) atoms. The van der Waals surface area contributed by atoms with Gasteiger partial charge in [-0.3, -0.25) is 0 Å². The van der Waals surface area contributed by atoms with Crippen LogP contribution in [0.2, 0.25) is 0 Å². The molecule has 1 saturated heterocycles. The number of fused-ring (bicyclic) bond motifs is 5. The Hall–Kier alpha value is -1.72. The fourth-order valence-electron chi connectivity index (χ4n) is 4.61. The Kier molecular flexibility index (Phi) is 7.13. The SMILES string of the molecule is CCOCCCNc1nc(SC)nc2c1sc1nc(N3CCOCC3)c3c(c12)CC(C)(C)OC3. The topological polar surface area (TPSA) is 81.6 Å². The van der Waals surface area contributed by atoms with Crippen molar-refractivity contribution in [3.8, 4) is 0 Å². The van der Waals surface area contributed by atoms with Crippen LogP contribution in [0, 0.1) is 0 Å². The molecule has 3 aromatic heterocycles. The molecule has 8 nitrogen and oxygen atoms in total. The smallest absolute Gasteiger partial charge is 0.189 e. The van der Waals surface area contributed by atoms with E-state index in [0.717, 1.165) is 90.7 Å². The minimum atomic E-state index is -0.229. The highest BCUT2D eigenvalue weighted by Crippen LogP contribution is 2.44. The molecule has 0 saturated carbocycles. The van der Waals surface area contributed by atoms with Crippen LogP contribution in [0.1, 0.15) is 38.3 Å². The average molecular weight is 504 g/mol. The minimum Gasteiger partial charge on any atom is -0.382 e. The number of pyridine rings is 1. The molecule has 0 bridgehead atoms. The standard InChI is InChI=1S/C24H33N5O3S2/c1-5-30-10-6-7-25-20-19-18(26-23(27-20)33-4)17-15-13-24(2,3)32-14-16(15)21(28-22(17)34-19)29-8-11-31-12-9-29/h5-14H2,1-4H3,(H,25,26,27). The van der Waals surface area contributed by atoms with Crippen molar-refractivity contribution in [2.24, 2.45) is 0 Å². The molecular weight excluding hydrogens is 470 g/mol. The lowest BCUT2D eigenvalue weighted by molar-refractivity contribution is -0.0396. The third-order valence-electron chi connectivity index (χ3n) is 6.30. The molecule has 5 rings (SSSR count). The monoisotopic (exact) mass is 503 g/mol. The van der Waals surface area contributed by atoms with Gasteiger partial charge in [-0.2, -0.15) is 0 Å². The van der Waals surface area contributed by atoms with Crippen LogP contribution in [0.15, 0.2) is 5.16 Å². The van der Waals surface area contributed by atoms with Gasteiger partial charge in [-0.15, -0.1) is 11.3 Å². The van der Waals surface area contributed by atoms with Crippen molar-refractivity contribution in [3.05, 3.63) is 11.1 Å². The Morgan fingerprint density at radius 2 is 2.00 bits per heavy atom. The van der Waals surface area contributed by atoms with Crippen molar-refractivity contribution >= 4 is 55.2 Å². The Labute approximate surface area is 208 Å². The first-order chi connectivity index (χ1) is 16.5. The summed E-state index contributed by atoms with van der Waals surface area (Å²) in [4.78, 5) is 18.4. The van der Waals surface area contributed by atoms with Gasteiger partial charge in [-0.25, -0.2) is 15.0 Å². The molecule has 1 N–H and O–H groups in total. The van der Waals surface area contributed by atoms with Gasteiger partial charge in [0.05, 0.1) is 35.6 Å². The molecular formula is C24H33N5O3S2. The molecule has 3 aromatic rings. The number of hydrogen-bond donors (Lipinski definition) is 1. The number of thiophene rings is 1. The van der Waals surface area contributed by atoms with Crippen molar-refractivity contribution in [2.45, 2.75) is 51.0 Å². The molecule has 1 fully saturated rings. The van der Waals surface area contributed by atoms with Crippen molar-refractivity contribution in [1.29, 1.82) is 0 Å². The zero-order valence-electron chi connectivity index (χ0n) is 20.4. The number of morpholine rings is 1. The van der Waals surface area contributed by atoms with Gasteiger partial charge in [0.15, 0.2) is 5.16 Å². The first-order valence-electron chi connectivity index (χ1n) is 12.0. The van der Waals surface area contributed by atoms with Crippen LogP contribution in [-0.4, -0.2) is 72.9 Å². The molecule has 184 valence electrons. The van der Waals surface area contributed by atoms with Crippen LogP contribution in [0.25, 0.3) is 20.4 Å². The lowest BCUT2D eigenvalue weighted by Crippen LogP contribution is -2.39. The Balaban J connectivity index is 1.65. The summed E-state index contributed by atoms with van der Waals surface area (Å²) in [6, 6.07) is 0. The number of nitrogens with one attached hydrogen (secondary N) is 1. The largest absolute Gasteiger partial charge is 0.382 e. The van der Waals surface area contributed by atoms with Crippen LogP contribution in [0.5, 0.6) is 0 Å². The van der Waals surface area contributed by atoms with E-state index in [9.17, 15) is 0 Å². The van der Waals surface area contributed by atoms with Gasteiger partial charge in [-0.05, 0) is 39.0 Å². The van der Waals surface area contributed by atoms with E-state index in [1.165, 1.54) is 16.5 Å². The highest BCUT2D eigenvalue weighted by atomic mass is 32.2. The van der Waals surface area contributed by atoms with E-state index < -0.39 is 0 Å². The first-order valence-corrected chi connectivity index (χ1v) is 14.0. The molecule has 0 aromatic carbocycles. The van der Waals surface area contributed by atoms with Gasteiger partial charge in [0.2, 0.25) is 0 Å². The van der Waals surface area contributed by atoms with Gasteiger partial charge >= 0.3 is 0 Å². The number of thioether (sulfide) groups is 1. The van der Waals surface area contributed by atoms with E-state index >= 15 is 0 Å². The molecule has 0 unspecified atom stereocenters. The molecule has 0 spiro atoms. The molecule has 10 heteroatoms. The van der Waals surface area contributed by atoms with E-state index in [-0.39, 0.29) is 5.60 Å². The second-order valence-electron chi connectivity index (χ2n) is 9.21. The fourth-order valence-corrected chi connectivity index (χ4v) is 6.08. The predicted molar refractivity (Wildman–Crippen MR) is 140 cm³/mol. The summed E-state index contributed by atoms with van der Waals surface area (Å²) in [7, 11) is 0. The van der Waals surface area contributed by atoms with Gasteiger partial charge < -0.3 is 24.4 Å². The first kappa shape index (κ1) is 24.0. The summed E-state index contributed by atoms with van der Waals surface area (Å²) in [5.41, 5.74) is 3.29. The van der Waals surface area contributed by atoms with Gasteiger partial charge in [-0.1, -0.05) is 11.8 Å². The van der Waals surface area contributed by atoms with E-state index in [2.05, 4.69) is 24.1 Å². The quantitative estimate of drug-likeness (QED) is 0.272. The zero-order valence-corrected chi connectivity index (χ0v) is 22.0. The van der Waals surface area contributed by atoms with Gasteiger partial charge in [0, 0.05) is 50.2 Å². The normalized spacial score (nSPS) is 17.9. The number of aromatic nitrogens is 3. The third-order valence-corrected chi connectivity index (χ3v) is 7.93. The summed E-state index contributed by atoms with van der Waals surface area (Å²) in [6.45, 7) is 12.4. The maximum absolute atomic E-state index is 6.26.